The van der Waals surface area contributed by atoms with Crippen LogP contribution in [0.5, 0.6) is 0 Å². The summed E-state index contributed by atoms with van der Waals surface area (Å²) in [6.07, 6.45) is 5.75. The Labute approximate surface area is 70.9 Å². The summed E-state index contributed by atoms with van der Waals surface area (Å²) in [6, 6.07) is 1.91. The van der Waals surface area contributed by atoms with E-state index in [-0.39, 0.29) is 5.78 Å². The highest BCUT2D eigenvalue weighted by molar-refractivity contribution is 5.98. The van der Waals surface area contributed by atoms with Gasteiger partial charge in [-0.3, -0.25) is 9.78 Å². The molecule has 2 heteroatoms. The van der Waals surface area contributed by atoms with Crippen molar-refractivity contribution in [2.45, 2.75) is 13.3 Å². The topological polar surface area (TPSA) is 30.0 Å². The Bertz CT molecular complexity index is 366. The number of pyridine rings is 1. The second kappa shape index (κ2) is 2.55. The lowest BCUT2D eigenvalue weighted by Crippen LogP contribution is -2.06. The number of nitrogens with zero attached hydrogens (tertiary/aromatic N) is 1. The van der Waals surface area contributed by atoms with Crippen molar-refractivity contribution >= 4 is 11.9 Å². The number of allylic oxidation sites excluding steroid dienone is 1. The summed E-state index contributed by atoms with van der Waals surface area (Å²) in [7, 11) is 0. The van der Waals surface area contributed by atoms with Crippen LogP contribution in [0.3, 0.4) is 0 Å². The van der Waals surface area contributed by atoms with E-state index in [1.807, 2.05) is 19.1 Å². The minimum absolute atomic E-state index is 0.174. The van der Waals surface area contributed by atoms with Gasteiger partial charge in [-0.15, -0.1) is 0 Å². The summed E-state index contributed by atoms with van der Waals surface area (Å²) >= 11 is 0. The maximum absolute atomic E-state index is 11.0. The molecule has 0 aromatic carbocycles. The van der Waals surface area contributed by atoms with E-state index in [9.17, 15) is 4.79 Å². The van der Waals surface area contributed by atoms with Crippen molar-refractivity contribution < 1.29 is 4.79 Å². The maximum atomic E-state index is 11.0. The van der Waals surface area contributed by atoms with Crippen LogP contribution in [0.4, 0.5) is 0 Å². The molecule has 0 bridgehead atoms. The van der Waals surface area contributed by atoms with Crippen LogP contribution >= 0.6 is 0 Å². The molecule has 1 heterocycles. The number of aryl methyl sites for hydroxylation is 1. The van der Waals surface area contributed by atoms with Crippen molar-refractivity contribution in [3.05, 3.63) is 35.2 Å². The van der Waals surface area contributed by atoms with Gasteiger partial charge in [-0.1, -0.05) is 0 Å². The highest BCUT2D eigenvalue weighted by Crippen LogP contribution is 2.18. The van der Waals surface area contributed by atoms with Crippen molar-refractivity contribution in [2.24, 2.45) is 0 Å². The molecule has 0 spiro atoms. The third-order valence-electron chi connectivity index (χ3n) is 2.08. The number of rotatable bonds is 0. The molecule has 2 nitrogen and oxygen atoms in total. The number of hydrogen-bond donors (Lipinski definition) is 0. The van der Waals surface area contributed by atoms with Crippen LogP contribution in [-0.2, 0) is 11.2 Å². The van der Waals surface area contributed by atoms with Crippen LogP contribution < -0.4 is 0 Å². The van der Waals surface area contributed by atoms with E-state index < -0.39 is 0 Å². The average Bonchev–Trinajstić information content (AvgIpc) is 2.04. The normalized spacial score (nSPS) is 14.6. The zero-order valence-corrected chi connectivity index (χ0v) is 6.87. The van der Waals surface area contributed by atoms with Crippen molar-refractivity contribution in [2.75, 3.05) is 0 Å². The average molecular weight is 159 g/mol. The first-order chi connectivity index (χ1) is 5.77. The maximum Gasteiger partial charge on any atom is 0.160 e. The predicted octanol–water partition coefficient (Wildman–Crippen LogP) is 1.53. The van der Waals surface area contributed by atoms with Gasteiger partial charge in [0.1, 0.15) is 0 Å². The Kier molecular flexibility index (Phi) is 1.54. The minimum Gasteiger partial charge on any atom is -0.294 e. The summed E-state index contributed by atoms with van der Waals surface area (Å²) in [6.45, 7) is 1.96. The highest BCUT2D eigenvalue weighted by atomic mass is 16.1. The predicted molar refractivity (Wildman–Crippen MR) is 46.7 cm³/mol. The van der Waals surface area contributed by atoms with Gasteiger partial charge in [0.05, 0.1) is 0 Å². The first-order valence-electron chi connectivity index (χ1n) is 3.93. The van der Waals surface area contributed by atoms with E-state index in [4.69, 9.17) is 0 Å². The number of hydrogen-bond acceptors (Lipinski definition) is 2. The van der Waals surface area contributed by atoms with Gasteiger partial charge in [-0.2, -0.15) is 0 Å². The zero-order valence-electron chi connectivity index (χ0n) is 6.87. The van der Waals surface area contributed by atoms with Crippen LogP contribution in [0, 0.1) is 6.92 Å². The Hall–Kier alpha value is -1.44. The SMILES string of the molecule is Cc1nccc2c1C=CC(=O)C2. The fourth-order valence-corrected chi connectivity index (χ4v) is 1.44. The third kappa shape index (κ3) is 1.05. The fraction of sp³-hybridized carbons (Fsp3) is 0.200. The molecule has 1 aliphatic carbocycles. The molecule has 0 saturated carbocycles. The monoisotopic (exact) mass is 159 g/mol. The zero-order chi connectivity index (χ0) is 8.55. The van der Waals surface area contributed by atoms with E-state index >= 15 is 0 Å². The van der Waals surface area contributed by atoms with E-state index in [0.717, 1.165) is 16.8 Å². The summed E-state index contributed by atoms with van der Waals surface area (Å²) < 4.78 is 0. The molecule has 0 radical (unpaired) electrons. The van der Waals surface area contributed by atoms with Crippen molar-refractivity contribution in [1.29, 1.82) is 0 Å². The molecule has 0 N–H and O–H groups in total. The van der Waals surface area contributed by atoms with Crippen LogP contribution in [-0.4, -0.2) is 10.8 Å². The third-order valence-corrected chi connectivity index (χ3v) is 2.08. The quantitative estimate of drug-likeness (QED) is 0.574. The first kappa shape index (κ1) is 7.22. The molecular weight excluding hydrogens is 150 g/mol. The summed E-state index contributed by atoms with van der Waals surface area (Å²) in [5.41, 5.74) is 3.20. The van der Waals surface area contributed by atoms with Crippen LogP contribution in [0.25, 0.3) is 6.08 Å². The molecule has 0 amide bonds. The van der Waals surface area contributed by atoms with Crippen LogP contribution in [0.1, 0.15) is 16.8 Å². The van der Waals surface area contributed by atoms with E-state index in [0.29, 0.717) is 6.42 Å². The van der Waals surface area contributed by atoms with Gasteiger partial charge >= 0.3 is 0 Å². The second-order valence-corrected chi connectivity index (χ2v) is 2.95. The molecule has 0 fully saturated rings. The molecular formula is C10H9NO. The van der Waals surface area contributed by atoms with Crippen LogP contribution in [0.15, 0.2) is 18.3 Å². The van der Waals surface area contributed by atoms with E-state index in [1.165, 1.54) is 0 Å². The Morgan fingerprint density at radius 3 is 3.08 bits per heavy atom. The molecule has 1 aromatic heterocycles. The standard InChI is InChI=1S/C10H9NO/c1-7-10-3-2-9(12)6-8(10)4-5-11-7/h2-5H,6H2,1H3. The van der Waals surface area contributed by atoms with Gasteiger partial charge in [-0.05, 0) is 36.3 Å². The lowest BCUT2D eigenvalue weighted by Gasteiger charge is -2.10. The van der Waals surface area contributed by atoms with E-state index in [1.54, 1.807) is 12.3 Å². The molecule has 2 rings (SSSR count). The highest BCUT2D eigenvalue weighted by Gasteiger charge is 2.11. The molecule has 0 saturated heterocycles. The fourth-order valence-electron chi connectivity index (χ4n) is 1.44. The first-order valence-corrected chi connectivity index (χ1v) is 3.93. The van der Waals surface area contributed by atoms with Gasteiger partial charge in [-0.25, -0.2) is 0 Å². The molecule has 1 aliphatic rings. The van der Waals surface area contributed by atoms with Gasteiger partial charge in [0, 0.05) is 18.3 Å². The number of ketones is 1. The Morgan fingerprint density at radius 2 is 2.25 bits per heavy atom. The minimum atomic E-state index is 0.174. The number of aromatic nitrogens is 1. The Balaban J connectivity index is 2.60. The molecule has 0 atom stereocenters. The molecule has 0 unspecified atom stereocenters. The number of carbonyl (C=O) groups is 1. The molecule has 12 heavy (non-hydrogen) atoms. The van der Waals surface area contributed by atoms with Gasteiger partial charge < -0.3 is 0 Å². The summed E-state index contributed by atoms with van der Waals surface area (Å²) in [5.74, 6) is 0.174. The van der Waals surface area contributed by atoms with Gasteiger partial charge in [0.25, 0.3) is 0 Å². The van der Waals surface area contributed by atoms with Crippen molar-refractivity contribution in [3.8, 4) is 0 Å². The van der Waals surface area contributed by atoms with Gasteiger partial charge in [0.2, 0.25) is 0 Å². The van der Waals surface area contributed by atoms with Crippen molar-refractivity contribution in [3.63, 3.8) is 0 Å². The van der Waals surface area contributed by atoms with Crippen LogP contribution in [0.2, 0.25) is 0 Å². The molecule has 60 valence electrons. The summed E-state index contributed by atoms with van der Waals surface area (Å²) in [4.78, 5) is 15.2. The smallest absolute Gasteiger partial charge is 0.160 e. The molecule has 1 aromatic rings. The lowest BCUT2D eigenvalue weighted by atomic mass is 9.96. The summed E-state index contributed by atoms with van der Waals surface area (Å²) in [5, 5.41) is 0. The molecule has 0 aliphatic heterocycles. The van der Waals surface area contributed by atoms with Gasteiger partial charge in [0.15, 0.2) is 5.78 Å². The Morgan fingerprint density at radius 1 is 1.42 bits per heavy atom. The lowest BCUT2D eigenvalue weighted by molar-refractivity contribution is -0.114. The number of carbonyl (C=O) groups excluding carboxylic acids is 1. The largest absolute Gasteiger partial charge is 0.294 e. The van der Waals surface area contributed by atoms with E-state index in [2.05, 4.69) is 4.98 Å². The second-order valence-electron chi connectivity index (χ2n) is 2.95. The van der Waals surface area contributed by atoms with Crippen molar-refractivity contribution in [1.82, 2.24) is 4.98 Å². The number of fused-ring (bicyclic) bond motifs is 1.